The summed E-state index contributed by atoms with van der Waals surface area (Å²) in [5.41, 5.74) is 1.72. The topological polar surface area (TPSA) is 79.6 Å². The van der Waals surface area contributed by atoms with Crippen LogP contribution in [0.3, 0.4) is 0 Å². The first kappa shape index (κ1) is 42.7. The molecule has 2 saturated carbocycles. The Bertz CT molecular complexity index is 447. The Morgan fingerprint density at radius 2 is 0.567 bits per heavy atom. The molecule has 0 unspecified atom stereocenters. The van der Waals surface area contributed by atoms with Gasteiger partial charge in [-0.15, -0.1) is 0 Å². The van der Waals surface area contributed by atoms with Crippen LogP contribution in [0.1, 0.15) is 11.1 Å². The number of rotatable bonds is 2. The van der Waals surface area contributed by atoms with E-state index in [0.29, 0.717) is 0 Å². The van der Waals surface area contributed by atoms with Crippen molar-refractivity contribution in [1.29, 1.82) is 0 Å². The smallest absolute Gasteiger partial charge is 0 e. The Morgan fingerprint density at radius 3 is 0.667 bits per heavy atom. The van der Waals surface area contributed by atoms with Gasteiger partial charge in [0.25, 0.3) is 0 Å². The molecule has 6 heteroatoms. The zero-order valence-electron chi connectivity index (χ0n) is 15.6. The van der Waals surface area contributed by atoms with Crippen LogP contribution in [0.15, 0.2) is 24.3 Å². The Labute approximate surface area is 203 Å². The van der Waals surface area contributed by atoms with E-state index in [1.807, 2.05) is 88.5 Å². The van der Waals surface area contributed by atoms with Crippen LogP contribution in [0.2, 0.25) is 0 Å². The third-order valence-electron chi connectivity index (χ3n) is 2.33. The number of hydrogen-bond acceptors (Lipinski definition) is 0. The molecule has 30 heavy (non-hydrogen) atoms. The summed E-state index contributed by atoms with van der Waals surface area (Å²) in [6.45, 7) is 28.3. The van der Waals surface area contributed by atoms with E-state index in [-0.39, 0.29) is 34.1 Å². The minimum absolute atomic E-state index is 0. The monoisotopic (exact) mass is 478 g/mol. The van der Waals surface area contributed by atoms with Crippen LogP contribution >= 0.6 is 0 Å². The van der Waals surface area contributed by atoms with Crippen LogP contribution in [0.4, 0.5) is 0 Å². The van der Waals surface area contributed by atoms with Crippen LogP contribution in [-0.4, -0.2) is 0 Å². The normalized spacial score (nSPS) is 11.2. The van der Waals surface area contributed by atoms with E-state index in [0.717, 1.165) is 11.1 Å². The summed E-state index contributed by atoms with van der Waals surface area (Å²) < 4.78 is 30.0. The standard InChI is InChI=1S/C10H6.2C5H5.4CO.2Mn/c1-3-9-5-7-10(4-2)8-6-9;2*1-2-4-5-3-1;4*1-2;;/h1-2,5-8H;2*1-5H;;;;;;. The zero-order valence-corrected chi connectivity index (χ0v) is 18.0. The Hall–Kier alpha value is -1.30. The van der Waals surface area contributed by atoms with Gasteiger partial charge < -0.3 is 0 Å². The number of hydrogen-bond donors (Lipinski definition) is 0. The van der Waals surface area contributed by atoms with E-state index < -0.39 is 0 Å². The van der Waals surface area contributed by atoms with Gasteiger partial charge in [-0.1, -0.05) is 37.4 Å². The van der Waals surface area contributed by atoms with Gasteiger partial charge in [-0.2, -0.15) is 0 Å². The molecule has 1 aromatic rings. The molecular weight excluding hydrogens is 462 g/mol. The molecule has 0 amide bonds. The van der Waals surface area contributed by atoms with Gasteiger partial charge in [0, 0.05) is 34.1 Å². The van der Waals surface area contributed by atoms with Crippen molar-refractivity contribution in [1.82, 2.24) is 0 Å². The van der Waals surface area contributed by atoms with Gasteiger partial charge in [-0.3, -0.25) is 0 Å². The maximum Gasteiger partial charge on any atom is 0 e. The minimum Gasteiger partial charge on any atom is -0.0537 e. The molecule has 4 nitrogen and oxygen atoms in total. The second kappa shape index (κ2) is 46.1. The molecule has 0 aliphatic heterocycles. The summed E-state index contributed by atoms with van der Waals surface area (Å²) >= 11 is 0. The molecule has 0 bridgehead atoms. The van der Waals surface area contributed by atoms with Gasteiger partial charge in [0.2, 0.25) is 0 Å². The summed E-state index contributed by atoms with van der Waals surface area (Å²) in [4.78, 5) is 0. The second-order valence-corrected chi connectivity index (χ2v) is 3.79. The summed E-state index contributed by atoms with van der Waals surface area (Å²) in [5.74, 6) is 0. The molecule has 150 valence electrons. The summed E-state index contributed by atoms with van der Waals surface area (Å²) in [6.07, 6.45) is 25.0. The van der Waals surface area contributed by atoms with Crippen molar-refractivity contribution in [2.75, 3.05) is 0 Å². The molecule has 0 atom stereocenters. The Morgan fingerprint density at radius 1 is 0.433 bits per heavy atom. The maximum atomic E-state index is 7.50. The van der Waals surface area contributed by atoms with Crippen LogP contribution < -0.4 is 0 Å². The molecule has 1 aromatic carbocycles. The average Bonchev–Trinajstić information content (AvgIpc) is 3.59. The van der Waals surface area contributed by atoms with E-state index in [2.05, 4.69) is 38.8 Å². The molecule has 2 aliphatic rings. The molecule has 0 spiro atoms. The van der Waals surface area contributed by atoms with Crippen LogP contribution in [0, 0.1) is 116 Å². The molecule has 0 aromatic heterocycles. The fraction of sp³-hybridized carbons (Fsp3) is 0. The Kier molecular flexibility index (Phi) is 65.6. The van der Waals surface area contributed by atoms with Gasteiger partial charge in [-0.25, -0.2) is 0 Å². The van der Waals surface area contributed by atoms with Gasteiger partial charge in [0.15, 0.2) is 0 Å². The van der Waals surface area contributed by atoms with Crippen molar-refractivity contribution in [2.45, 2.75) is 0 Å². The van der Waals surface area contributed by atoms with Crippen LogP contribution in [0.25, 0.3) is 0 Å². The second-order valence-electron chi connectivity index (χ2n) is 3.79. The third kappa shape index (κ3) is 34.2. The van der Waals surface area contributed by atoms with Crippen molar-refractivity contribution in [3.8, 4) is 0 Å². The third-order valence-corrected chi connectivity index (χ3v) is 2.33. The molecule has 16 radical (unpaired) electrons. The summed E-state index contributed by atoms with van der Waals surface area (Å²) in [5, 5.41) is 0. The summed E-state index contributed by atoms with van der Waals surface area (Å²) in [7, 11) is 0. The summed E-state index contributed by atoms with van der Waals surface area (Å²) in [6, 6.07) is 7.31. The molecule has 0 heterocycles. The van der Waals surface area contributed by atoms with Crippen LogP contribution in [0.5, 0.6) is 0 Å². The average molecular weight is 478 g/mol. The largest absolute Gasteiger partial charge is 0.0537 e. The fourth-order valence-corrected chi connectivity index (χ4v) is 1.30. The first-order valence-corrected chi connectivity index (χ1v) is 7.05. The van der Waals surface area contributed by atoms with Gasteiger partial charge >= 0.3 is 45.2 Å². The molecular formula is C24H16Mn2O4. The van der Waals surface area contributed by atoms with Crippen molar-refractivity contribution in [3.05, 3.63) is 152 Å². The first-order chi connectivity index (χ1) is 13.9. The quantitative estimate of drug-likeness (QED) is 0.352. The fourth-order valence-electron chi connectivity index (χ4n) is 1.30. The predicted molar refractivity (Wildman–Crippen MR) is 98.5 cm³/mol. The van der Waals surface area contributed by atoms with Crippen molar-refractivity contribution in [3.63, 3.8) is 0 Å². The number of benzene rings is 1. The SMILES string of the molecule is [C-]#[O+].[C-]#[O+].[C-]#[O+].[C-]#[O+].[CH]1[CH][CH][CH][CH]1.[CH]1[CH][CH][CH][CH]1.[CH]=[C]c1ccc([C]=[CH])cc1.[Mn].[Mn]. The van der Waals surface area contributed by atoms with Gasteiger partial charge in [-0.05, 0) is 87.5 Å². The van der Waals surface area contributed by atoms with Gasteiger partial charge in [0.05, 0.1) is 0 Å². The van der Waals surface area contributed by atoms with E-state index in [4.69, 9.17) is 31.8 Å². The van der Waals surface area contributed by atoms with Crippen LogP contribution in [-0.2, 0) is 52.7 Å². The minimum atomic E-state index is 0. The van der Waals surface area contributed by atoms with E-state index >= 15 is 0 Å². The van der Waals surface area contributed by atoms with Gasteiger partial charge in [0.1, 0.15) is 0 Å². The molecule has 2 fully saturated rings. The molecule has 0 N–H and O–H groups in total. The first-order valence-electron chi connectivity index (χ1n) is 7.05. The van der Waals surface area contributed by atoms with Crippen molar-refractivity contribution >= 4 is 0 Å². The zero-order chi connectivity index (χ0) is 22.5. The maximum absolute atomic E-state index is 7.50. The predicted octanol–water partition coefficient (Wildman–Crippen LogP) is 3.86. The van der Waals surface area contributed by atoms with E-state index in [9.17, 15) is 0 Å². The Balaban J connectivity index is -0.0000000626. The van der Waals surface area contributed by atoms with Crippen molar-refractivity contribution in [2.24, 2.45) is 0 Å². The molecule has 2 aliphatic carbocycles. The molecule has 0 saturated heterocycles. The van der Waals surface area contributed by atoms with E-state index in [1.165, 1.54) is 0 Å². The molecule has 3 rings (SSSR count). The van der Waals surface area contributed by atoms with Crippen molar-refractivity contribution < 1.29 is 52.7 Å². The van der Waals surface area contributed by atoms with E-state index in [1.54, 1.807) is 0 Å².